The molecule has 0 unspecified atom stereocenters. The normalized spacial score (nSPS) is 28.9. The van der Waals surface area contributed by atoms with Crippen LogP contribution in [0.15, 0.2) is 24.3 Å². The number of hydrogen-bond acceptors (Lipinski definition) is 5. The fraction of sp³-hybridized carbons (Fsp3) is 0.690. The van der Waals surface area contributed by atoms with Gasteiger partial charge >= 0.3 is 6.09 Å². The SMILES string of the molecule is CC1(C)COC(=O)N1CC1CCN(C2(C(=O)[C@@H]3CC(=O)C[C@@H]3c3ccc(Cl)cc3)CCCCC2)CC1. The molecular weight excluding hydrogens is 476 g/mol. The lowest BCUT2D eigenvalue weighted by Crippen LogP contribution is -2.60. The molecule has 196 valence electrons. The summed E-state index contributed by atoms with van der Waals surface area (Å²) in [5.74, 6) is 0.585. The van der Waals surface area contributed by atoms with Crippen molar-refractivity contribution in [1.82, 2.24) is 9.80 Å². The number of ether oxygens (including phenoxy) is 1. The summed E-state index contributed by atoms with van der Waals surface area (Å²) >= 11 is 6.11. The number of nitrogens with zero attached hydrogens (tertiary/aromatic N) is 2. The van der Waals surface area contributed by atoms with E-state index in [4.69, 9.17) is 16.3 Å². The topological polar surface area (TPSA) is 66.9 Å². The molecule has 2 saturated heterocycles. The molecule has 36 heavy (non-hydrogen) atoms. The lowest BCUT2D eigenvalue weighted by molar-refractivity contribution is -0.140. The summed E-state index contributed by atoms with van der Waals surface area (Å²) in [5.41, 5.74) is 0.323. The molecular formula is C29H39ClN2O4. The monoisotopic (exact) mass is 514 g/mol. The molecule has 7 heteroatoms. The summed E-state index contributed by atoms with van der Waals surface area (Å²) in [6, 6.07) is 7.69. The van der Waals surface area contributed by atoms with E-state index in [1.807, 2.05) is 29.2 Å². The molecule has 0 spiro atoms. The van der Waals surface area contributed by atoms with Crippen molar-refractivity contribution in [2.24, 2.45) is 11.8 Å². The largest absolute Gasteiger partial charge is 0.447 e. The number of Topliss-reactive ketones (excluding diaryl/α,β-unsaturated/α-hetero) is 2. The van der Waals surface area contributed by atoms with Crippen LogP contribution < -0.4 is 0 Å². The molecule has 0 bridgehead atoms. The molecule has 2 atom stereocenters. The number of piperidine rings is 1. The summed E-state index contributed by atoms with van der Waals surface area (Å²) in [6.07, 6.45) is 7.60. The summed E-state index contributed by atoms with van der Waals surface area (Å²) in [7, 11) is 0. The van der Waals surface area contributed by atoms with Gasteiger partial charge in [0, 0.05) is 36.2 Å². The molecule has 4 fully saturated rings. The second-order valence-corrected chi connectivity index (χ2v) is 12.5. The second-order valence-electron chi connectivity index (χ2n) is 12.1. The first-order chi connectivity index (χ1) is 17.2. The molecule has 1 amide bonds. The van der Waals surface area contributed by atoms with Gasteiger partial charge in [-0.25, -0.2) is 4.79 Å². The predicted molar refractivity (Wildman–Crippen MR) is 139 cm³/mol. The van der Waals surface area contributed by atoms with Crippen molar-refractivity contribution >= 4 is 29.3 Å². The first-order valence-corrected chi connectivity index (χ1v) is 14.1. The number of amides is 1. The summed E-state index contributed by atoms with van der Waals surface area (Å²) in [6.45, 7) is 7.01. The highest BCUT2D eigenvalue weighted by molar-refractivity contribution is 6.30. The molecule has 2 heterocycles. The molecule has 2 aliphatic heterocycles. The van der Waals surface area contributed by atoms with E-state index in [-0.39, 0.29) is 35.0 Å². The maximum absolute atomic E-state index is 14.4. The van der Waals surface area contributed by atoms with Gasteiger partial charge < -0.3 is 4.74 Å². The molecule has 0 aromatic heterocycles. The number of ketones is 2. The van der Waals surface area contributed by atoms with Gasteiger partial charge in [0.25, 0.3) is 0 Å². The Morgan fingerprint density at radius 2 is 1.69 bits per heavy atom. The van der Waals surface area contributed by atoms with Crippen LogP contribution in [0.5, 0.6) is 0 Å². The van der Waals surface area contributed by atoms with Crippen molar-refractivity contribution in [3.8, 4) is 0 Å². The first kappa shape index (κ1) is 25.7. The van der Waals surface area contributed by atoms with Gasteiger partial charge in [-0.3, -0.25) is 19.4 Å². The van der Waals surface area contributed by atoms with Crippen LogP contribution in [0.1, 0.15) is 83.1 Å². The zero-order chi connectivity index (χ0) is 25.5. The van der Waals surface area contributed by atoms with Crippen molar-refractivity contribution in [1.29, 1.82) is 0 Å². The summed E-state index contributed by atoms with van der Waals surface area (Å²) < 4.78 is 5.30. The average molecular weight is 515 g/mol. The Kier molecular flexibility index (Phi) is 7.21. The zero-order valence-corrected chi connectivity index (χ0v) is 22.4. The number of carbonyl (C=O) groups excluding carboxylic acids is 3. The number of likely N-dealkylation sites (tertiary alicyclic amines) is 1. The zero-order valence-electron chi connectivity index (χ0n) is 21.6. The minimum Gasteiger partial charge on any atom is -0.447 e. The van der Waals surface area contributed by atoms with Crippen molar-refractivity contribution in [2.45, 2.75) is 88.6 Å². The third-order valence-electron chi connectivity index (χ3n) is 9.32. The standard InChI is InChI=1S/C29H39ClN2O4/c1-28(2)19-36-27(35)32(28)18-20-10-14-31(15-11-20)29(12-4-3-5-13-29)26(34)25-17-23(33)16-24(25)21-6-8-22(30)9-7-21/h6-9,20,24-25H,3-5,10-19H2,1-2H3/t24-,25-/m1/s1. The fourth-order valence-corrected chi connectivity index (χ4v) is 7.28. The number of cyclic esters (lactones) is 1. The van der Waals surface area contributed by atoms with Gasteiger partial charge in [-0.1, -0.05) is 43.0 Å². The Bertz CT molecular complexity index is 993. The van der Waals surface area contributed by atoms with E-state index >= 15 is 0 Å². The van der Waals surface area contributed by atoms with Gasteiger partial charge in [-0.2, -0.15) is 0 Å². The van der Waals surface area contributed by atoms with Gasteiger partial charge in [-0.15, -0.1) is 0 Å². The molecule has 1 aromatic carbocycles. The second kappa shape index (κ2) is 10.1. The Hall–Kier alpha value is -1.92. The van der Waals surface area contributed by atoms with E-state index in [1.54, 1.807) is 0 Å². The van der Waals surface area contributed by atoms with Crippen LogP contribution >= 0.6 is 11.6 Å². The number of rotatable bonds is 6. The van der Waals surface area contributed by atoms with Gasteiger partial charge in [0.15, 0.2) is 5.78 Å². The Morgan fingerprint density at radius 1 is 1.03 bits per heavy atom. The Balaban J connectivity index is 1.32. The van der Waals surface area contributed by atoms with E-state index < -0.39 is 5.54 Å². The van der Waals surface area contributed by atoms with Gasteiger partial charge in [0.05, 0.1) is 11.1 Å². The minimum atomic E-state index is -0.463. The van der Waals surface area contributed by atoms with Crippen LogP contribution in [0.2, 0.25) is 5.02 Å². The van der Waals surface area contributed by atoms with Crippen LogP contribution in [0.4, 0.5) is 4.79 Å². The molecule has 5 rings (SSSR count). The lowest BCUT2D eigenvalue weighted by atomic mass is 9.69. The highest BCUT2D eigenvalue weighted by Crippen LogP contribution is 2.46. The first-order valence-electron chi connectivity index (χ1n) is 13.7. The third-order valence-corrected chi connectivity index (χ3v) is 9.57. The number of carbonyl (C=O) groups is 3. The quantitative estimate of drug-likeness (QED) is 0.493. The van der Waals surface area contributed by atoms with Crippen LogP contribution in [-0.2, 0) is 14.3 Å². The van der Waals surface area contributed by atoms with Crippen molar-refractivity contribution < 1.29 is 19.1 Å². The number of halogens is 1. The number of hydrogen-bond donors (Lipinski definition) is 0. The molecule has 6 nitrogen and oxygen atoms in total. The number of benzene rings is 1. The van der Waals surface area contributed by atoms with E-state index in [2.05, 4.69) is 18.7 Å². The molecule has 0 radical (unpaired) electrons. The minimum absolute atomic E-state index is 0.0537. The summed E-state index contributed by atoms with van der Waals surface area (Å²) in [4.78, 5) is 43.7. The summed E-state index contributed by atoms with van der Waals surface area (Å²) in [5, 5.41) is 0.670. The lowest BCUT2D eigenvalue weighted by Gasteiger charge is -2.50. The Morgan fingerprint density at radius 3 is 2.31 bits per heavy atom. The van der Waals surface area contributed by atoms with Crippen LogP contribution in [0.3, 0.4) is 0 Å². The van der Waals surface area contributed by atoms with Crippen molar-refractivity contribution in [3.05, 3.63) is 34.9 Å². The van der Waals surface area contributed by atoms with Crippen molar-refractivity contribution in [3.63, 3.8) is 0 Å². The maximum atomic E-state index is 14.4. The molecule has 1 aromatic rings. The predicted octanol–water partition coefficient (Wildman–Crippen LogP) is 5.62. The fourth-order valence-electron chi connectivity index (χ4n) is 7.16. The average Bonchev–Trinajstić information content (AvgIpc) is 3.39. The smallest absolute Gasteiger partial charge is 0.410 e. The van der Waals surface area contributed by atoms with E-state index in [0.29, 0.717) is 30.4 Å². The van der Waals surface area contributed by atoms with E-state index in [0.717, 1.165) is 63.7 Å². The molecule has 4 aliphatic rings. The highest BCUT2D eigenvalue weighted by Gasteiger charge is 2.52. The van der Waals surface area contributed by atoms with Crippen LogP contribution in [-0.4, -0.2) is 64.8 Å². The highest BCUT2D eigenvalue weighted by atomic mass is 35.5. The van der Waals surface area contributed by atoms with E-state index in [1.165, 1.54) is 6.42 Å². The van der Waals surface area contributed by atoms with Crippen molar-refractivity contribution in [2.75, 3.05) is 26.2 Å². The molecule has 0 N–H and O–H groups in total. The molecule has 2 aliphatic carbocycles. The van der Waals surface area contributed by atoms with Gasteiger partial charge in [-0.05, 0) is 76.2 Å². The van der Waals surface area contributed by atoms with E-state index in [9.17, 15) is 14.4 Å². The maximum Gasteiger partial charge on any atom is 0.410 e. The van der Waals surface area contributed by atoms with Crippen LogP contribution in [0, 0.1) is 11.8 Å². The third kappa shape index (κ3) is 4.83. The molecule has 2 saturated carbocycles. The van der Waals surface area contributed by atoms with Gasteiger partial charge in [0.2, 0.25) is 0 Å². The Labute approximate surface area is 219 Å². The van der Waals surface area contributed by atoms with Crippen LogP contribution in [0.25, 0.3) is 0 Å². The van der Waals surface area contributed by atoms with Gasteiger partial charge in [0.1, 0.15) is 12.4 Å².